The third-order valence-corrected chi connectivity index (χ3v) is 0.978. The zero-order chi connectivity index (χ0) is 6.57. The number of hydrogen-bond acceptors (Lipinski definition) is 0. The van der Waals surface area contributed by atoms with E-state index in [9.17, 15) is 8.78 Å². The van der Waals surface area contributed by atoms with Gasteiger partial charge in [0.05, 0.1) is 0 Å². The third-order valence-electron chi connectivity index (χ3n) is 0.978. The van der Waals surface area contributed by atoms with Gasteiger partial charge in [-0.3, -0.25) is 0 Å². The van der Waals surface area contributed by atoms with E-state index >= 15 is 0 Å². The molecule has 2 heteroatoms. The number of halogens is 2. The summed E-state index contributed by atoms with van der Waals surface area (Å²) in [7, 11) is 0. The molecule has 0 aliphatic heterocycles. The van der Waals surface area contributed by atoms with Gasteiger partial charge in [0.2, 0.25) is 0 Å². The summed E-state index contributed by atoms with van der Waals surface area (Å²) in [5.74, 6) is 0. The summed E-state index contributed by atoms with van der Waals surface area (Å²) < 4.78 is 24.0. The van der Waals surface area contributed by atoms with E-state index < -0.39 is 12.3 Å². The van der Waals surface area contributed by atoms with E-state index in [-0.39, 0.29) is 6.42 Å². The van der Waals surface area contributed by atoms with Crippen LogP contribution in [0.15, 0.2) is 0 Å². The number of alkyl halides is 2. The SMILES string of the molecule is [CH2]CCC(F)C(C)F. The molecular formula is C6H11F2. The summed E-state index contributed by atoms with van der Waals surface area (Å²) in [5, 5.41) is 0. The van der Waals surface area contributed by atoms with Gasteiger partial charge in [0.25, 0.3) is 0 Å². The molecule has 0 rings (SSSR count). The van der Waals surface area contributed by atoms with Crippen LogP contribution in [0.1, 0.15) is 19.8 Å². The lowest BCUT2D eigenvalue weighted by Crippen LogP contribution is -2.12. The van der Waals surface area contributed by atoms with Crippen molar-refractivity contribution >= 4 is 0 Å². The second-order valence-corrected chi connectivity index (χ2v) is 1.84. The second-order valence-electron chi connectivity index (χ2n) is 1.84. The summed E-state index contributed by atoms with van der Waals surface area (Å²) in [4.78, 5) is 0. The topological polar surface area (TPSA) is 0 Å². The van der Waals surface area contributed by atoms with E-state index in [1.165, 1.54) is 6.92 Å². The first kappa shape index (κ1) is 7.86. The van der Waals surface area contributed by atoms with Crippen LogP contribution in [0.4, 0.5) is 8.78 Å². The molecule has 0 saturated heterocycles. The molecule has 0 aliphatic carbocycles. The van der Waals surface area contributed by atoms with Crippen molar-refractivity contribution in [3.63, 3.8) is 0 Å². The third kappa shape index (κ3) is 2.94. The van der Waals surface area contributed by atoms with Crippen LogP contribution in [0, 0.1) is 6.92 Å². The Bertz CT molecular complexity index is 52.5. The standard InChI is InChI=1S/C6H11F2/c1-3-4-6(8)5(2)7/h5-6H,1,3-4H2,2H3. The Hall–Kier alpha value is -0.140. The molecule has 0 spiro atoms. The Morgan fingerprint density at radius 1 is 1.50 bits per heavy atom. The molecule has 1 radical (unpaired) electrons. The normalized spacial score (nSPS) is 18.0. The van der Waals surface area contributed by atoms with Crippen molar-refractivity contribution in [2.75, 3.05) is 0 Å². The minimum absolute atomic E-state index is 0.234. The maximum Gasteiger partial charge on any atom is 0.131 e. The summed E-state index contributed by atoms with van der Waals surface area (Å²) in [6, 6.07) is 0. The summed E-state index contributed by atoms with van der Waals surface area (Å²) in [5.41, 5.74) is 0. The zero-order valence-corrected chi connectivity index (χ0v) is 5.03. The van der Waals surface area contributed by atoms with Crippen LogP contribution in [0.2, 0.25) is 0 Å². The Kier molecular flexibility index (Phi) is 3.75. The fourth-order valence-electron chi connectivity index (χ4n) is 0.425. The molecule has 8 heavy (non-hydrogen) atoms. The van der Waals surface area contributed by atoms with Crippen LogP contribution in [0.25, 0.3) is 0 Å². The molecule has 0 aromatic carbocycles. The fraction of sp³-hybridized carbons (Fsp3) is 0.833. The van der Waals surface area contributed by atoms with E-state index in [0.29, 0.717) is 6.42 Å². The van der Waals surface area contributed by atoms with Gasteiger partial charge in [-0.2, -0.15) is 0 Å². The lowest BCUT2D eigenvalue weighted by Gasteiger charge is -2.05. The molecule has 2 unspecified atom stereocenters. The first-order chi connectivity index (χ1) is 3.68. The van der Waals surface area contributed by atoms with Gasteiger partial charge in [0, 0.05) is 0 Å². The summed E-state index contributed by atoms with van der Waals surface area (Å²) >= 11 is 0. The van der Waals surface area contributed by atoms with Gasteiger partial charge in [-0.15, -0.1) is 0 Å². The quantitative estimate of drug-likeness (QED) is 0.537. The summed E-state index contributed by atoms with van der Waals surface area (Å²) in [6.07, 6.45) is -1.95. The van der Waals surface area contributed by atoms with Crippen molar-refractivity contribution < 1.29 is 8.78 Å². The van der Waals surface area contributed by atoms with Crippen LogP contribution in [-0.4, -0.2) is 12.3 Å². The van der Waals surface area contributed by atoms with Gasteiger partial charge >= 0.3 is 0 Å². The average Bonchev–Trinajstić information content (AvgIpc) is 1.67. The number of hydrogen-bond donors (Lipinski definition) is 0. The van der Waals surface area contributed by atoms with E-state index in [4.69, 9.17) is 0 Å². The maximum absolute atomic E-state index is 12.1. The molecule has 2 atom stereocenters. The molecule has 0 N–H and O–H groups in total. The van der Waals surface area contributed by atoms with Gasteiger partial charge in [0.1, 0.15) is 12.3 Å². The van der Waals surface area contributed by atoms with Gasteiger partial charge < -0.3 is 0 Å². The molecule has 0 aromatic heterocycles. The van der Waals surface area contributed by atoms with Crippen LogP contribution in [-0.2, 0) is 0 Å². The summed E-state index contributed by atoms with van der Waals surface area (Å²) in [6.45, 7) is 4.62. The van der Waals surface area contributed by atoms with Gasteiger partial charge in [-0.1, -0.05) is 13.3 Å². The molecule has 0 nitrogen and oxygen atoms in total. The molecule has 0 aliphatic rings. The highest BCUT2D eigenvalue weighted by atomic mass is 19.2. The Morgan fingerprint density at radius 2 is 2.00 bits per heavy atom. The Balaban J connectivity index is 3.17. The molecular weight excluding hydrogens is 110 g/mol. The van der Waals surface area contributed by atoms with Crippen LogP contribution in [0.5, 0.6) is 0 Å². The minimum Gasteiger partial charge on any atom is -0.245 e. The Morgan fingerprint density at radius 3 is 2.12 bits per heavy atom. The van der Waals surface area contributed by atoms with Crippen LogP contribution in [0.3, 0.4) is 0 Å². The van der Waals surface area contributed by atoms with Crippen LogP contribution >= 0.6 is 0 Å². The van der Waals surface area contributed by atoms with Crippen molar-refractivity contribution in [2.45, 2.75) is 32.1 Å². The Labute approximate surface area is 48.9 Å². The minimum atomic E-state index is -1.34. The van der Waals surface area contributed by atoms with E-state index in [1.807, 2.05) is 0 Å². The lowest BCUT2D eigenvalue weighted by molar-refractivity contribution is 0.173. The van der Waals surface area contributed by atoms with Crippen molar-refractivity contribution in [3.8, 4) is 0 Å². The highest BCUT2D eigenvalue weighted by molar-refractivity contribution is 4.62. The highest BCUT2D eigenvalue weighted by Gasteiger charge is 2.12. The smallest absolute Gasteiger partial charge is 0.131 e. The first-order valence-electron chi connectivity index (χ1n) is 2.76. The molecule has 0 aromatic rings. The van der Waals surface area contributed by atoms with Crippen molar-refractivity contribution in [2.24, 2.45) is 0 Å². The zero-order valence-electron chi connectivity index (χ0n) is 5.03. The van der Waals surface area contributed by atoms with Gasteiger partial charge in [-0.05, 0) is 13.3 Å². The van der Waals surface area contributed by atoms with Crippen LogP contribution < -0.4 is 0 Å². The molecule has 49 valence electrons. The van der Waals surface area contributed by atoms with Gasteiger partial charge in [0.15, 0.2) is 0 Å². The predicted octanol–water partition coefficient (Wildman–Crippen LogP) is 2.30. The lowest BCUT2D eigenvalue weighted by atomic mass is 10.2. The van der Waals surface area contributed by atoms with E-state index in [1.54, 1.807) is 0 Å². The average molecular weight is 121 g/mol. The monoisotopic (exact) mass is 121 g/mol. The molecule has 0 fully saturated rings. The van der Waals surface area contributed by atoms with Crippen molar-refractivity contribution in [1.82, 2.24) is 0 Å². The van der Waals surface area contributed by atoms with Crippen molar-refractivity contribution in [1.29, 1.82) is 0 Å². The van der Waals surface area contributed by atoms with E-state index in [2.05, 4.69) is 6.92 Å². The predicted molar refractivity (Wildman–Crippen MR) is 30.1 cm³/mol. The molecule has 0 amide bonds. The largest absolute Gasteiger partial charge is 0.245 e. The maximum atomic E-state index is 12.1. The fourth-order valence-corrected chi connectivity index (χ4v) is 0.425. The highest BCUT2D eigenvalue weighted by Crippen LogP contribution is 2.08. The van der Waals surface area contributed by atoms with E-state index in [0.717, 1.165) is 0 Å². The van der Waals surface area contributed by atoms with Crippen molar-refractivity contribution in [3.05, 3.63) is 6.92 Å². The molecule has 0 heterocycles. The second kappa shape index (κ2) is 3.81. The molecule has 0 saturated carbocycles. The number of rotatable bonds is 3. The van der Waals surface area contributed by atoms with Gasteiger partial charge in [-0.25, -0.2) is 8.78 Å². The first-order valence-corrected chi connectivity index (χ1v) is 2.76. The molecule has 0 bridgehead atoms.